The highest BCUT2D eigenvalue weighted by molar-refractivity contribution is 9.10. The van der Waals surface area contributed by atoms with E-state index >= 15 is 0 Å². The molecule has 3 aromatic rings. The molecule has 0 saturated heterocycles. The molecule has 0 saturated carbocycles. The van der Waals surface area contributed by atoms with Gasteiger partial charge in [-0.2, -0.15) is 4.72 Å². The lowest BCUT2D eigenvalue weighted by atomic mass is 10.0. The van der Waals surface area contributed by atoms with Crippen molar-refractivity contribution in [3.8, 4) is 0 Å². The number of benzene rings is 3. The van der Waals surface area contributed by atoms with Crippen LogP contribution in [0.25, 0.3) is 0 Å². The molecule has 0 radical (unpaired) electrons. The SMILES string of the molecule is C[C@@H](NC(=O)[C@H](Cc1ccccc1)NS(=O)(=O)c1ccc(F)cc1)c1cccc(Br)c1. The van der Waals surface area contributed by atoms with Crippen LogP contribution in [0.2, 0.25) is 0 Å². The number of carbonyl (C=O) groups is 1. The Labute approximate surface area is 189 Å². The summed E-state index contributed by atoms with van der Waals surface area (Å²) in [5.41, 5.74) is 1.68. The average Bonchev–Trinajstić information content (AvgIpc) is 2.74. The fourth-order valence-electron chi connectivity index (χ4n) is 3.08. The minimum absolute atomic E-state index is 0.111. The van der Waals surface area contributed by atoms with Gasteiger partial charge in [0, 0.05) is 4.47 Å². The number of sulfonamides is 1. The highest BCUT2D eigenvalue weighted by Crippen LogP contribution is 2.19. The molecule has 1 amide bonds. The van der Waals surface area contributed by atoms with Crippen LogP contribution in [0.1, 0.15) is 24.1 Å². The van der Waals surface area contributed by atoms with Crippen LogP contribution < -0.4 is 10.0 Å². The molecule has 0 aromatic heterocycles. The summed E-state index contributed by atoms with van der Waals surface area (Å²) in [6, 6.07) is 19.7. The number of halogens is 2. The lowest BCUT2D eigenvalue weighted by Gasteiger charge is -2.22. The standard InChI is InChI=1S/C23H22BrFN2O3S/c1-16(18-8-5-9-19(24)15-18)26-23(28)22(14-17-6-3-2-4-7-17)27-31(29,30)21-12-10-20(25)11-13-21/h2-13,15-16,22,27H,14H2,1H3,(H,26,28)/t16-,22+/m1/s1. The average molecular weight is 505 g/mol. The Morgan fingerprint density at radius 2 is 1.68 bits per heavy atom. The molecule has 162 valence electrons. The Kier molecular flexibility index (Phi) is 7.59. The summed E-state index contributed by atoms with van der Waals surface area (Å²) in [4.78, 5) is 13.0. The molecule has 31 heavy (non-hydrogen) atoms. The number of hydrogen-bond acceptors (Lipinski definition) is 3. The zero-order valence-corrected chi connectivity index (χ0v) is 19.2. The molecular formula is C23H22BrFN2O3S. The van der Waals surface area contributed by atoms with E-state index in [1.54, 1.807) is 0 Å². The molecule has 0 heterocycles. The summed E-state index contributed by atoms with van der Waals surface area (Å²) in [6.45, 7) is 1.83. The Hall–Kier alpha value is -2.55. The number of rotatable bonds is 8. The van der Waals surface area contributed by atoms with Gasteiger partial charge in [0.25, 0.3) is 0 Å². The van der Waals surface area contributed by atoms with Gasteiger partial charge in [-0.15, -0.1) is 0 Å². The van der Waals surface area contributed by atoms with Crippen LogP contribution in [0.5, 0.6) is 0 Å². The Bertz CT molecular complexity index is 1140. The zero-order chi connectivity index (χ0) is 22.4. The second-order valence-corrected chi connectivity index (χ2v) is 9.73. The predicted molar refractivity (Wildman–Crippen MR) is 121 cm³/mol. The lowest BCUT2D eigenvalue weighted by molar-refractivity contribution is -0.123. The van der Waals surface area contributed by atoms with Crippen LogP contribution in [0.4, 0.5) is 4.39 Å². The van der Waals surface area contributed by atoms with E-state index in [1.165, 1.54) is 12.1 Å². The number of nitrogens with one attached hydrogen (secondary N) is 2. The van der Waals surface area contributed by atoms with Gasteiger partial charge in [0.15, 0.2) is 0 Å². The maximum Gasteiger partial charge on any atom is 0.241 e. The zero-order valence-electron chi connectivity index (χ0n) is 16.8. The van der Waals surface area contributed by atoms with E-state index in [1.807, 2.05) is 61.5 Å². The molecule has 5 nitrogen and oxygen atoms in total. The van der Waals surface area contributed by atoms with Crippen LogP contribution in [-0.4, -0.2) is 20.4 Å². The number of carbonyl (C=O) groups excluding carboxylic acids is 1. The summed E-state index contributed by atoms with van der Waals surface area (Å²) in [5.74, 6) is -0.998. The molecule has 0 bridgehead atoms. The topological polar surface area (TPSA) is 75.3 Å². The number of hydrogen-bond donors (Lipinski definition) is 2. The van der Waals surface area contributed by atoms with E-state index in [9.17, 15) is 17.6 Å². The largest absolute Gasteiger partial charge is 0.348 e. The molecule has 2 N–H and O–H groups in total. The van der Waals surface area contributed by atoms with Gasteiger partial charge >= 0.3 is 0 Å². The first-order chi connectivity index (χ1) is 14.7. The van der Waals surface area contributed by atoms with E-state index in [0.29, 0.717) is 0 Å². The minimum Gasteiger partial charge on any atom is -0.348 e. The molecule has 2 atom stereocenters. The highest BCUT2D eigenvalue weighted by Gasteiger charge is 2.27. The summed E-state index contributed by atoms with van der Waals surface area (Å²) in [7, 11) is -4.03. The van der Waals surface area contributed by atoms with Gasteiger partial charge in [-0.25, -0.2) is 12.8 Å². The fraction of sp³-hybridized carbons (Fsp3) is 0.174. The van der Waals surface area contributed by atoms with Crippen molar-refractivity contribution < 1.29 is 17.6 Å². The summed E-state index contributed by atoms with van der Waals surface area (Å²) in [6.07, 6.45) is 0.165. The Morgan fingerprint density at radius 3 is 2.32 bits per heavy atom. The molecule has 0 fully saturated rings. The summed E-state index contributed by atoms with van der Waals surface area (Å²) < 4.78 is 42.2. The van der Waals surface area contributed by atoms with Crippen molar-refractivity contribution in [2.45, 2.75) is 30.3 Å². The third-order valence-corrected chi connectivity index (χ3v) is 6.71. The minimum atomic E-state index is -4.03. The Balaban J connectivity index is 1.83. The first kappa shape index (κ1) is 23.1. The first-order valence-corrected chi connectivity index (χ1v) is 11.9. The third kappa shape index (κ3) is 6.46. The second kappa shape index (κ2) is 10.2. The van der Waals surface area contributed by atoms with Crippen LogP contribution in [-0.2, 0) is 21.2 Å². The van der Waals surface area contributed by atoms with Crippen molar-refractivity contribution in [3.05, 3.63) is 100 Å². The van der Waals surface area contributed by atoms with E-state index in [0.717, 1.165) is 27.7 Å². The van der Waals surface area contributed by atoms with Crippen LogP contribution in [0.3, 0.4) is 0 Å². The van der Waals surface area contributed by atoms with Crippen molar-refractivity contribution in [3.63, 3.8) is 0 Å². The van der Waals surface area contributed by atoms with E-state index in [2.05, 4.69) is 26.0 Å². The first-order valence-electron chi connectivity index (χ1n) is 9.62. The van der Waals surface area contributed by atoms with Crippen molar-refractivity contribution in [2.75, 3.05) is 0 Å². The van der Waals surface area contributed by atoms with Gasteiger partial charge in [0.05, 0.1) is 10.9 Å². The molecule has 0 unspecified atom stereocenters. The van der Waals surface area contributed by atoms with Crippen molar-refractivity contribution in [1.29, 1.82) is 0 Å². The Morgan fingerprint density at radius 1 is 1.00 bits per heavy atom. The van der Waals surface area contributed by atoms with Gasteiger partial charge in [-0.3, -0.25) is 4.79 Å². The van der Waals surface area contributed by atoms with Gasteiger partial charge < -0.3 is 5.32 Å². The third-order valence-electron chi connectivity index (χ3n) is 4.73. The van der Waals surface area contributed by atoms with Crippen molar-refractivity contribution in [1.82, 2.24) is 10.0 Å². The fourth-order valence-corrected chi connectivity index (χ4v) is 4.69. The maximum atomic E-state index is 13.2. The summed E-state index contributed by atoms with van der Waals surface area (Å²) in [5, 5.41) is 2.88. The second-order valence-electron chi connectivity index (χ2n) is 7.10. The number of amides is 1. The molecular weight excluding hydrogens is 483 g/mol. The normalized spacial score (nSPS) is 13.4. The molecule has 3 aromatic carbocycles. The smallest absolute Gasteiger partial charge is 0.241 e. The molecule has 0 aliphatic heterocycles. The van der Waals surface area contributed by atoms with E-state index < -0.39 is 27.8 Å². The summed E-state index contributed by atoms with van der Waals surface area (Å²) >= 11 is 3.41. The van der Waals surface area contributed by atoms with Crippen LogP contribution >= 0.6 is 15.9 Å². The predicted octanol–water partition coefficient (Wildman–Crippen LogP) is 4.36. The van der Waals surface area contributed by atoms with Gasteiger partial charge in [0.1, 0.15) is 11.9 Å². The van der Waals surface area contributed by atoms with E-state index in [-0.39, 0.29) is 17.4 Å². The highest BCUT2D eigenvalue weighted by atomic mass is 79.9. The van der Waals surface area contributed by atoms with Gasteiger partial charge in [-0.1, -0.05) is 58.4 Å². The lowest BCUT2D eigenvalue weighted by Crippen LogP contribution is -2.48. The van der Waals surface area contributed by atoms with Crippen molar-refractivity contribution in [2.24, 2.45) is 0 Å². The molecule has 8 heteroatoms. The van der Waals surface area contributed by atoms with Crippen LogP contribution in [0, 0.1) is 5.82 Å². The quantitative estimate of drug-likeness (QED) is 0.478. The molecule has 0 aliphatic carbocycles. The monoisotopic (exact) mass is 504 g/mol. The maximum absolute atomic E-state index is 13.2. The van der Waals surface area contributed by atoms with Crippen molar-refractivity contribution >= 4 is 31.9 Å². The molecule has 3 rings (SSSR count). The van der Waals surface area contributed by atoms with Gasteiger partial charge in [0.2, 0.25) is 15.9 Å². The van der Waals surface area contributed by atoms with E-state index in [4.69, 9.17) is 0 Å². The van der Waals surface area contributed by atoms with Gasteiger partial charge in [-0.05, 0) is 60.9 Å². The van der Waals surface area contributed by atoms with Crippen LogP contribution in [0.15, 0.2) is 88.2 Å². The molecule has 0 aliphatic rings. The molecule has 0 spiro atoms.